The zero-order chi connectivity index (χ0) is 61.6. The van der Waals surface area contributed by atoms with Crippen LogP contribution in [0.5, 0.6) is 0 Å². The summed E-state index contributed by atoms with van der Waals surface area (Å²) in [5, 5.41) is 39.1. The summed E-state index contributed by atoms with van der Waals surface area (Å²) in [4.78, 5) is 43.3. The lowest BCUT2D eigenvalue weighted by molar-refractivity contribution is -0.166. The van der Waals surface area contributed by atoms with Gasteiger partial charge < -0.3 is 36.1 Å². The molecule has 12 atom stereocenters. The fourth-order valence-corrected chi connectivity index (χ4v) is 8.61. The molecule has 4 aliphatic heterocycles. The molecule has 4 heterocycles. The molecule has 0 aliphatic carbocycles. The predicted molar refractivity (Wildman–Crippen MR) is 296 cm³/mol. The minimum Gasteiger partial charge on any atom is -0.358 e. The second-order valence-electron chi connectivity index (χ2n) is 19.7. The topological polar surface area (TPSA) is 277 Å². The van der Waals surface area contributed by atoms with E-state index in [1.807, 2.05) is 0 Å². The Morgan fingerprint density at radius 1 is 0.393 bits per heavy atom. The Labute approximate surface area is 485 Å². The number of benzene rings is 4. The summed E-state index contributed by atoms with van der Waals surface area (Å²) in [6.07, 6.45) is 4.70. The average molecular weight is 1170 g/mol. The lowest BCUT2D eigenvalue weighted by atomic mass is 10.1. The first kappa shape index (κ1) is 66.6. The molecule has 4 fully saturated rings. The van der Waals surface area contributed by atoms with Gasteiger partial charge in [0, 0.05) is 6.92 Å². The second-order valence-corrected chi connectivity index (χ2v) is 19.7. The van der Waals surface area contributed by atoms with Crippen LogP contribution in [0.25, 0.3) is 0 Å². The third-order valence-electron chi connectivity index (χ3n) is 13.3. The Morgan fingerprint density at radius 3 is 0.762 bits per heavy atom. The molecule has 0 spiro atoms. The van der Waals surface area contributed by atoms with E-state index < -0.39 is 48.2 Å². The molecule has 4 aromatic carbocycles. The average Bonchev–Trinajstić information content (AvgIpc) is 4.49. The minimum absolute atomic E-state index is 0.0850. The maximum absolute atomic E-state index is 12.9. The maximum Gasteiger partial charge on any atom is 0.339 e. The summed E-state index contributed by atoms with van der Waals surface area (Å²) in [7, 11) is 0. The van der Waals surface area contributed by atoms with Crippen LogP contribution in [-0.4, -0.2) is 114 Å². The molecule has 4 saturated heterocycles. The standard InChI is InChI=1S/C16H18FNO3.3C15H17FN2O3/c1-11(18(20)12(2)19)3-8-15-9-10-16(21-15)13-4-6-14(17)7-5-13;3*1-10(18(20)15(17)19)2-7-13-8-9-14(21-13)11-3-5-12(16)6-4-11/h4-7,11,15-16,20H,9-10H2,1-2H3;3*3-6,10,13-14,20H,8-9H2,1H3,(H2,17,19)/t11-,15-,16+;2*10-,13+,14-;10-,13-,14+/m0101/s1. The fraction of sp³-hybridized carbons (Fsp3) is 0.410. The Balaban J connectivity index is 0.000000205. The van der Waals surface area contributed by atoms with E-state index in [0.29, 0.717) is 20.3 Å². The molecule has 0 bridgehead atoms. The molecule has 84 heavy (non-hydrogen) atoms. The molecule has 0 aromatic heterocycles. The van der Waals surface area contributed by atoms with E-state index in [0.717, 1.165) is 73.6 Å². The van der Waals surface area contributed by atoms with Gasteiger partial charge in [-0.05, 0) is 150 Å². The van der Waals surface area contributed by atoms with Gasteiger partial charge in [0.15, 0.2) is 0 Å². The molecular formula is C61H69F4N7O12. The molecule has 448 valence electrons. The number of hydrogen-bond acceptors (Lipinski definition) is 12. The summed E-state index contributed by atoms with van der Waals surface area (Å²) in [6.45, 7) is 7.59. The first-order valence-corrected chi connectivity index (χ1v) is 26.9. The largest absolute Gasteiger partial charge is 0.358 e. The number of nitrogens with two attached hydrogens (primary N) is 3. The normalized spacial score (nSPS) is 22.2. The summed E-state index contributed by atoms with van der Waals surface area (Å²) >= 11 is 0. The van der Waals surface area contributed by atoms with Gasteiger partial charge >= 0.3 is 18.1 Å². The second kappa shape index (κ2) is 32.6. The molecule has 4 aromatic rings. The van der Waals surface area contributed by atoms with Crippen molar-refractivity contribution in [3.63, 3.8) is 0 Å². The van der Waals surface area contributed by atoms with Gasteiger partial charge in [0.05, 0.1) is 24.4 Å². The third kappa shape index (κ3) is 21.2. The molecule has 0 unspecified atom stereocenters. The smallest absolute Gasteiger partial charge is 0.339 e. The van der Waals surface area contributed by atoms with E-state index in [4.69, 9.17) is 36.1 Å². The van der Waals surface area contributed by atoms with Crippen LogP contribution in [0.1, 0.15) is 133 Å². The lowest BCUT2D eigenvalue weighted by Crippen LogP contribution is -2.38. The van der Waals surface area contributed by atoms with Gasteiger partial charge in [-0.15, -0.1) is 0 Å². The van der Waals surface area contributed by atoms with Gasteiger partial charge in [0.2, 0.25) is 5.91 Å². The van der Waals surface area contributed by atoms with Crippen molar-refractivity contribution in [2.45, 2.75) is 159 Å². The van der Waals surface area contributed by atoms with E-state index in [9.17, 15) is 57.6 Å². The minimum atomic E-state index is -0.951. The van der Waals surface area contributed by atoms with Crippen LogP contribution in [0.15, 0.2) is 97.1 Å². The Hall–Kier alpha value is -8.20. The van der Waals surface area contributed by atoms with Gasteiger partial charge in [0.1, 0.15) is 71.9 Å². The van der Waals surface area contributed by atoms with Crippen molar-refractivity contribution in [1.82, 2.24) is 20.3 Å². The van der Waals surface area contributed by atoms with Gasteiger partial charge in [-0.3, -0.25) is 25.6 Å². The highest BCUT2D eigenvalue weighted by atomic mass is 19.1. The summed E-state index contributed by atoms with van der Waals surface area (Å²) in [6, 6.07) is 19.3. The highest BCUT2D eigenvalue weighted by Gasteiger charge is 2.29. The molecule has 4 aliphatic rings. The number of urea groups is 3. The number of halogens is 4. The van der Waals surface area contributed by atoms with E-state index in [1.54, 1.807) is 76.2 Å². The maximum atomic E-state index is 12.9. The monoisotopic (exact) mass is 1170 g/mol. The van der Waals surface area contributed by atoms with E-state index in [1.165, 1.54) is 55.5 Å². The number of rotatable bonds is 8. The van der Waals surface area contributed by atoms with Crippen LogP contribution in [0, 0.1) is 70.6 Å². The van der Waals surface area contributed by atoms with Crippen molar-refractivity contribution >= 4 is 24.0 Å². The Morgan fingerprint density at radius 2 is 0.583 bits per heavy atom. The van der Waals surface area contributed by atoms with E-state index in [-0.39, 0.29) is 72.1 Å². The number of ether oxygens (including phenoxy) is 4. The predicted octanol–water partition coefficient (Wildman–Crippen LogP) is 9.30. The van der Waals surface area contributed by atoms with Crippen molar-refractivity contribution in [2.75, 3.05) is 0 Å². The summed E-state index contributed by atoms with van der Waals surface area (Å²) < 4.78 is 74.6. The molecule has 10 N–H and O–H groups in total. The molecule has 0 radical (unpaired) electrons. The van der Waals surface area contributed by atoms with Crippen molar-refractivity contribution in [2.24, 2.45) is 17.2 Å². The molecule has 7 amide bonds. The van der Waals surface area contributed by atoms with Gasteiger partial charge in [-0.1, -0.05) is 95.9 Å². The van der Waals surface area contributed by atoms with Crippen molar-refractivity contribution in [3.05, 3.63) is 143 Å². The van der Waals surface area contributed by atoms with Gasteiger partial charge in [-0.25, -0.2) is 37.0 Å². The van der Waals surface area contributed by atoms with Crippen LogP contribution in [0.2, 0.25) is 0 Å². The number of carbonyl (C=O) groups excluding carboxylic acids is 4. The number of hydrogen-bond donors (Lipinski definition) is 7. The van der Waals surface area contributed by atoms with Crippen LogP contribution < -0.4 is 17.2 Å². The molecule has 8 rings (SSSR count). The van der Waals surface area contributed by atoms with Crippen LogP contribution in [0.4, 0.5) is 31.9 Å². The first-order valence-electron chi connectivity index (χ1n) is 26.9. The van der Waals surface area contributed by atoms with Crippen molar-refractivity contribution < 1.29 is 76.5 Å². The zero-order valence-electron chi connectivity index (χ0n) is 46.9. The summed E-state index contributed by atoms with van der Waals surface area (Å²) in [5.74, 6) is 21.0. The fourth-order valence-electron chi connectivity index (χ4n) is 8.61. The number of amides is 7. The number of hydroxylamine groups is 8. The summed E-state index contributed by atoms with van der Waals surface area (Å²) in [5.41, 5.74) is 18.5. The number of carbonyl (C=O) groups is 4. The zero-order valence-corrected chi connectivity index (χ0v) is 46.9. The number of nitrogens with zero attached hydrogens (tertiary/aromatic N) is 4. The highest BCUT2D eigenvalue weighted by molar-refractivity contribution is 5.73. The number of primary amides is 3. The third-order valence-corrected chi connectivity index (χ3v) is 13.3. The SMILES string of the molecule is CC(=O)N(O)[C@@H](C)C#C[C@H]1CC[C@H](c2ccc(F)cc2)O1.C[C@@H](C#C[C@@H]1CC[C@@H](c2ccc(F)cc2)O1)N(O)C(N)=O.C[C@H](C#C[C@@H]1CC[C@@H](c2ccc(F)cc2)O1)N(O)C(N)=O.C[C@H](C#C[C@H]1CC[C@H](c2ccc(F)cc2)O1)N(O)C(N)=O. The van der Waals surface area contributed by atoms with Crippen LogP contribution >= 0.6 is 0 Å². The van der Waals surface area contributed by atoms with Gasteiger partial charge in [-0.2, -0.15) is 15.2 Å². The lowest BCUT2D eigenvalue weighted by Gasteiger charge is -2.16. The van der Waals surface area contributed by atoms with E-state index >= 15 is 0 Å². The highest BCUT2D eigenvalue weighted by Crippen LogP contribution is 2.35. The van der Waals surface area contributed by atoms with Crippen LogP contribution in [0.3, 0.4) is 0 Å². The molecule has 0 saturated carbocycles. The Bertz CT molecular complexity index is 2670. The Kier molecular flexibility index (Phi) is 25.8. The molecule has 19 nitrogen and oxygen atoms in total. The van der Waals surface area contributed by atoms with Crippen molar-refractivity contribution in [1.29, 1.82) is 0 Å². The molecular weight excluding hydrogens is 1100 g/mol. The van der Waals surface area contributed by atoms with Crippen molar-refractivity contribution in [3.8, 4) is 47.4 Å². The first-order chi connectivity index (χ1) is 39.9. The van der Waals surface area contributed by atoms with Crippen LogP contribution in [-0.2, 0) is 23.7 Å². The van der Waals surface area contributed by atoms with Gasteiger partial charge in [0.25, 0.3) is 0 Å². The quantitative estimate of drug-likeness (QED) is 0.0376. The van der Waals surface area contributed by atoms with E-state index in [2.05, 4.69) is 47.4 Å². The molecule has 23 heteroatoms.